The normalized spacial score (nSPS) is 26.6. The zero-order valence-electron chi connectivity index (χ0n) is 19.0. The number of phenols is 1. The quantitative estimate of drug-likeness (QED) is 0.548. The van der Waals surface area contributed by atoms with Gasteiger partial charge in [-0.15, -0.1) is 0 Å². The van der Waals surface area contributed by atoms with Crippen molar-refractivity contribution in [3.05, 3.63) is 80.2 Å². The van der Waals surface area contributed by atoms with Crippen LogP contribution in [0, 0.1) is 5.92 Å². The molecule has 0 amide bonds. The number of para-hydroxylation sites is 1. The topological polar surface area (TPSA) is 50.4 Å². The fourth-order valence-electron chi connectivity index (χ4n) is 7.11. The van der Waals surface area contributed by atoms with Crippen LogP contribution in [0.2, 0.25) is 0 Å². The molecule has 33 heavy (non-hydrogen) atoms. The highest BCUT2D eigenvalue weighted by Crippen LogP contribution is 2.56. The second kappa shape index (κ2) is 7.88. The molecule has 5 nitrogen and oxygen atoms in total. The number of fused-ring (bicyclic) bond motifs is 1. The number of piperidine rings is 1. The molecule has 3 aliphatic rings. The van der Waals surface area contributed by atoms with E-state index in [2.05, 4.69) is 33.0 Å². The zero-order chi connectivity index (χ0) is 22.7. The van der Waals surface area contributed by atoms with Gasteiger partial charge in [0.05, 0.1) is 11.4 Å². The molecule has 0 spiro atoms. The summed E-state index contributed by atoms with van der Waals surface area (Å²) < 4.78 is 4.43. The van der Waals surface area contributed by atoms with E-state index in [4.69, 9.17) is 0 Å². The first kappa shape index (κ1) is 21.2. The maximum absolute atomic E-state index is 13.1. The van der Waals surface area contributed by atoms with E-state index in [9.17, 15) is 9.90 Å². The Morgan fingerprint density at radius 3 is 2.76 bits per heavy atom. The van der Waals surface area contributed by atoms with Crippen molar-refractivity contribution in [1.29, 1.82) is 0 Å². The molecule has 1 unspecified atom stereocenters. The van der Waals surface area contributed by atoms with E-state index in [0.717, 1.165) is 37.3 Å². The number of aromatic hydroxyl groups is 1. The van der Waals surface area contributed by atoms with Crippen LogP contribution in [-0.4, -0.2) is 32.0 Å². The summed E-state index contributed by atoms with van der Waals surface area (Å²) in [6, 6.07) is 16.4. The average Bonchev–Trinajstić information content (AvgIpc) is 3.04. The fraction of sp³-hybridized carbons (Fsp3) is 0.444. The van der Waals surface area contributed by atoms with E-state index in [-0.39, 0.29) is 11.0 Å². The number of benzene rings is 2. The van der Waals surface area contributed by atoms with Crippen molar-refractivity contribution in [3.63, 3.8) is 0 Å². The Labute approximate surface area is 202 Å². The predicted molar refractivity (Wildman–Crippen MR) is 133 cm³/mol. The van der Waals surface area contributed by atoms with Crippen molar-refractivity contribution in [2.75, 3.05) is 6.54 Å². The third-order valence-corrected chi connectivity index (χ3v) is 9.41. The SMILES string of the molecule is Cn1c(CN2CC[C@]34CCCCC3[C@H]2Cc2ccc(O)cc24)c(Br)c(=O)n1-c1ccccc1. The molecule has 3 aromatic rings. The van der Waals surface area contributed by atoms with Crippen molar-refractivity contribution >= 4 is 15.9 Å². The molecule has 1 saturated carbocycles. The molecule has 2 fully saturated rings. The van der Waals surface area contributed by atoms with Gasteiger partial charge in [-0.3, -0.25) is 14.4 Å². The van der Waals surface area contributed by atoms with E-state index >= 15 is 0 Å². The summed E-state index contributed by atoms with van der Waals surface area (Å²) >= 11 is 3.64. The third-order valence-electron chi connectivity index (χ3n) is 8.61. The van der Waals surface area contributed by atoms with Gasteiger partial charge in [0, 0.05) is 25.0 Å². The molecule has 0 radical (unpaired) electrons. The van der Waals surface area contributed by atoms with Crippen molar-refractivity contribution in [1.82, 2.24) is 14.3 Å². The van der Waals surface area contributed by atoms with Crippen LogP contribution in [0.5, 0.6) is 5.75 Å². The Balaban J connectivity index is 1.38. The van der Waals surface area contributed by atoms with Crippen LogP contribution >= 0.6 is 15.9 Å². The van der Waals surface area contributed by atoms with Crippen LogP contribution in [0.25, 0.3) is 5.69 Å². The lowest BCUT2D eigenvalue weighted by atomic mass is 9.52. The first-order valence-corrected chi connectivity index (χ1v) is 12.9. The Morgan fingerprint density at radius 1 is 1.12 bits per heavy atom. The maximum Gasteiger partial charge on any atom is 0.286 e. The summed E-state index contributed by atoms with van der Waals surface area (Å²) in [7, 11) is 1.99. The number of hydrogen-bond donors (Lipinski definition) is 1. The Bertz CT molecular complexity index is 1260. The van der Waals surface area contributed by atoms with Gasteiger partial charge in [0.2, 0.25) is 0 Å². The molecule has 1 saturated heterocycles. The molecule has 2 aliphatic carbocycles. The van der Waals surface area contributed by atoms with Crippen molar-refractivity contribution in [3.8, 4) is 11.4 Å². The number of hydrogen-bond acceptors (Lipinski definition) is 3. The van der Waals surface area contributed by atoms with E-state index < -0.39 is 0 Å². The van der Waals surface area contributed by atoms with E-state index in [0.29, 0.717) is 22.2 Å². The molecular formula is C27H30BrN3O2. The minimum Gasteiger partial charge on any atom is -0.508 e. The summed E-state index contributed by atoms with van der Waals surface area (Å²) in [5.74, 6) is 1.01. The molecule has 172 valence electrons. The largest absolute Gasteiger partial charge is 0.508 e. The molecule has 1 aromatic heterocycles. The third kappa shape index (κ3) is 3.17. The standard InChI is InChI=1S/C27H30BrN3O2/c1-29-24(25(28)26(33)31(29)19-7-3-2-4-8-19)17-30-14-13-27-12-6-5-9-21(27)23(30)15-18-10-11-20(32)16-22(18)27/h2-4,7-8,10-11,16,21,23,32H,5-6,9,12-15,17H2,1H3/t21?,23-,27-/m1/s1. The van der Waals surface area contributed by atoms with Crippen LogP contribution in [0.15, 0.2) is 57.8 Å². The smallest absolute Gasteiger partial charge is 0.286 e. The molecular weight excluding hydrogens is 478 g/mol. The van der Waals surface area contributed by atoms with Gasteiger partial charge in [-0.2, -0.15) is 0 Å². The minimum atomic E-state index is -0.00723. The highest BCUT2D eigenvalue weighted by Gasteiger charge is 2.53. The van der Waals surface area contributed by atoms with Gasteiger partial charge in [-0.1, -0.05) is 37.1 Å². The van der Waals surface area contributed by atoms with E-state index in [1.165, 1.54) is 36.8 Å². The highest BCUT2D eigenvalue weighted by molar-refractivity contribution is 9.10. The lowest BCUT2D eigenvalue weighted by Crippen LogP contribution is -2.60. The van der Waals surface area contributed by atoms with Gasteiger partial charge in [-0.05, 0) is 89.5 Å². The molecule has 6 rings (SSSR count). The van der Waals surface area contributed by atoms with Crippen LogP contribution < -0.4 is 5.56 Å². The molecule has 6 heteroatoms. The first-order chi connectivity index (χ1) is 16.0. The van der Waals surface area contributed by atoms with Crippen LogP contribution in [0.1, 0.15) is 48.9 Å². The average molecular weight is 508 g/mol. The van der Waals surface area contributed by atoms with Gasteiger partial charge in [0.1, 0.15) is 10.2 Å². The molecule has 1 N–H and O–H groups in total. The maximum atomic E-state index is 13.1. The highest BCUT2D eigenvalue weighted by atomic mass is 79.9. The van der Waals surface area contributed by atoms with Crippen molar-refractivity contribution in [2.24, 2.45) is 13.0 Å². The second-order valence-electron chi connectivity index (χ2n) is 10.1. The van der Waals surface area contributed by atoms with Crippen molar-refractivity contribution in [2.45, 2.75) is 56.5 Å². The predicted octanol–water partition coefficient (Wildman–Crippen LogP) is 4.90. The summed E-state index contributed by atoms with van der Waals surface area (Å²) in [5.41, 5.74) is 4.91. The van der Waals surface area contributed by atoms with Crippen LogP contribution in [0.4, 0.5) is 0 Å². The Hall–Kier alpha value is -2.31. The van der Waals surface area contributed by atoms with Crippen LogP contribution in [-0.2, 0) is 25.4 Å². The van der Waals surface area contributed by atoms with Gasteiger partial charge in [0.15, 0.2) is 0 Å². The molecule has 2 heterocycles. The van der Waals surface area contributed by atoms with Gasteiger partial charge < -0.3 is 5.11 Å². The number of halogens is 1. The number of aromatic nitrogens is 2. The summed E-state index contributed by atoms with van der Waals surface area (Å²) in [4.78, 5) is 15.8. The first-order valence-electron chi connectivity index (χ1n) is 12.1. The number of nitrogens with zero attached hydrogens (tertiary/aromatic N) is 3. The second-order valence-corrected chi connectivity index (χ2v) is 10.9. The number of likely N-dealkylation sites (tertiary alicyclic amines) is 1. The van der Waals surface area contributed by atoms with E-state index in [1.54, 1.807) is 4.68 Å². The molecule has 3 atom stereocenters. The minimum absolute atomic E-state index is 0.00723. The van der Waals surface area contributed by atoms with Gasteiger partial charge in [-0.25, -0.2) is 4.68 Å². The molecule has 1 aliphatic heterocycles. The fourth-order valence-corrected chi connectivity index (χ4v) is 7.66. The molecule has 2 bridgehead atoms. The number of phenolic OH excluding ortho intramolecular Hbond substituents is 1. The zero-order valence-corrected chi connectivity index (χ0v) is 20.6. The van der Waals surface area contributed by atoms with Gasteiger partial charge in [0.25, 0.3) is 5.56 Å². The lowest BCUT2D eigenvalue weighted by Gasteiger charge is -2.59. The lowest BCUT2D eigenvalue weighted by molar-refractivity contribution is -0.0169. The van der Waals surface area contributed by atoms with Crippen molar-refractivity contribution < 1.29 is 5.11 Å². The molecule has 2 aromatic carbocycles. The Kier molecular flexibility index (Phi) is 5.07. The summed E-state index contributed by atoms with van der Waals surface area (Å²) in [6.45, 7) is 1.78. The van der Waals surface area contributed by atoms with Gasteiger partial charge >= 0.3 is 0 Å². The monoisotopic (exact) mass is 507 g/mol. The summed E-state index contributed by atoms with van der Waals surface area (Å²) in [6.07, 6.45) is 7.19. The van der Waals surface area contributed by atoms with Crippen LogP contribution in [0.3, 0.4) is 0 Å². The van der Waals surface area contributed by atoms with E-state index in [1.807, 2.05) is 48.1 Å². The summed E-state index contributed by atoms with van der Waals surface area (Å²) in [5, 5.41) is 10.3. The Morgan fingerprint density at radius 2 is 1.94 bits per heavy atom. The number of rotatable bonds is 3.